The van der Waals surface area contributed by atoms with Gasteiger partial charge in [0.1, 0.15) is 5.76 Å². The zero-order chi connectivity index (χ0) is 13.7. The molecule has 1 saturated heterocycles. The van der Waals surface area contributed by atoms with Crippen LogP contribution in [-0.4, -0.2) is 30.9 Å². The molecule has 3 unspecified atom stereocenters. The van der Waals surface area contributed by atoms with Gasteiger partial charge in [-0.2, -0.15) is 0 Å². The standard InChI is InChI=1S/C15H27NO2/c1-10(2)6-13-9-16-14(8-15(13)17)11(3)7-12(4)18-5/h7,10,13-17H,4,6,8-9H2,1-3,5H3/b11-7+. The summed E-state index contributed by atoms with van der Waals surface area (Å²) in [6.45, 7) is 11.1. The Bertz CT molecular complexity index is 310. The van der Waals surface area contributed by atoms with E-state index in [0.29, 0.717) is 17.6 Å². The number of allylic oxidation sites excluding steroid dienone is 1. The second kappa shape index (κ2) is 6.95. The third-order valence-corrected chi connectivity index (χ3v) is 3.62. The number of ether oxygens (including phenoxy) is 1. The Labute approximate surface area is 111 Å². The molecule has 18 heavy (non-hydrogen) atoms. The van der Waals surface area contributed by atoms with E-state index in [1.165, 1.54) is 5.57 Å². The van der Waals surface area contributed by atoms with Gasteiger partial charge in [0, 0.05) is 12.6 Å². The molecule has 0 spiro atoms. The van der Waals surface area contributed by atoms with Crippen molar-refractivity contribution in [3.63, 3.8) is 0 Å². The number of piperidine rings is 1. The molecule has 0 amide bonds. The van der Waals surface area contributed by atoms with E-state index >= 15 is 0 Å². The van der Waals surface area contributed by atoms with E-state index in [9.17, 15) is 5.11 Å². The van der Waals surface area contributed by atoms with Gasteiger partial charge in [-0.05, 0) is 37.7 Å². The van der Waals surface area contributed by atoms with Crippen LogP contribution in [0.3, 0.4) is 0 Å². The van der Waals surface area contributed by atoms with Crippen LogP contribution in [-0.2, 0) is 4.74 Å². The molecular formula is C15H27NO2. The Morgan fingerprint density at radius 3 is 2.72 bits per heavy atom. The number of aliphatic hydroxyl groups is 1. The second-order valence-corrected chi connectivity index (χ2v) is 5.71. The van der Waals surface area contributed by atoms with E-state index < -0.39 is 0 Å². The Morgan fingerprint density at radius 2 is 2.22 bits per heavy atom. The van der Waals surface area contributed by atoms with Crippen molar-refractivity contribution in [3.05, 3.63) is 24.0 Å². The molecule has 1 aliphatic rings. The lowest BCUT2D eigenvalue weighted by Gasteiger charge is -2.35. The highest BCUT2D eigenvalue weighted by Crippen LogP contribution is 2.25. The summed E-state index contributed by atoms with van der Waals surface area (Å²) in [6, 6.07) is 0.232. The molecule has 0 aliphatic carbocycles. The summed E-state index contributed by atoms with van der Waals surface area (Å²) < 4.78 is 5.05. The molecule has 1 fully saturated rings. The molecule has 3 nitrogen and oxygen atoms in total. The number of nitrogens with one attached hydrogen (secondary N) is 1. The van der Waals surface area contributed by atoms with Crippen molar-refractivity contribution < 1.29 is 9.84 Å². The topological polar surface area (TPSA) is 41.5 Å². The van der Waals surface area contributed by atoms with E-state index in [1.807, 2.05) is 6.08 Å². The fraction of sp³-hybridized carbons (Fsp3) is 0.733. The van der Waals surface area contributed by atoms with Crippen LogP contribution in [0.2, 0.25) is 0 Å². The lowest BCUT2D eigenvalue weighted by molar-refractivity contribution is 0.0558. The van der Waals surface area contributed by atoms with Gasteiger partial charge in [-0.15, -0.1) is 0 Å². The third kappa shape index (κ3) is 4.46. The van der Waals surface area contributed by atoms with Gasteiger partial charge >= 0.3 is 0 Å². The molecular weight excluding hydrogens is 226 g/mol. The van der Waals surface area contributed by atoms with Gasteiger partial charge in [0.2, 0.25) is 0 Å². The summed E-state index contributed by atoms with van der Waals surface area (Å²) in [5, 5.41) is 13.7. The van der Waals surface area contributed by atoms with Gasteiger partial charge in [-0.25, -0.2) is 0 Å². The molecule has 0 aromatic carbocycles. The zero-order valence-corrected chi connectivity index (χ0v) is 12.1. The number of rotatable bonds is 5. The normalized spacial score (nSPS) is 29.4. The van der Waals surface area contributed by atoms with Gasteiger partial charge in [-0.1, -0.05) is 26.0 Å². The highest BCUT2D eigenvalue weighted by Gasteiger charge is 2.29. The first-order chi connectivity index (χ1) is 8.43. The molecule has 3 atom stereocenters. The van der Waals surface area contributed by atoms with Crippen molar-refractivity contribution >= 4 is 0 Å². The van der Waals surface area contributed by atoms with E-state index in [4.69, 9.17) is 4.74 Å². The second-order valence-electron chi connectivity index (χ2n) is 5.71. The molecule has 0 aromatic heterocycles. The van der Waals surface area contributed by atoms with Crippen LogP contribution >= 0.6 is 0 Å². The van der Waals surface area contributed by atoms with Crippen LogP contribution in [0.5, 0.6) is 0 Å². The minimum Gasteiger partial charge on any atom is -0.497 e. The van der Waals surface area contributed by atoms with Crippen LogP contribution in [0.1, 0.15) is 33.6 Å². The maximum atomic E-state index is 10.2. The van der Waals surface area contributed by atoms with Crippen LogP contribution < -0.4 is 5.32 Å². The SMILES string of the molecule is C=C(/C=C(\C)C1CC(O)C(CC(C)C)CN1)OC. The van der Waals surface area contributed by atoms with Crippen LogP contribution in [0, 0.1) is 11.8 Å². The summed E-state index contributed by atoms with van der Waals surface area (Å²) in [7, 11) is 1.62. The van der Waals surface area contributed by atoms with Crippen molar-refractivity contribution in [2.45, 2.75) is 45.8 Å². The lowest BCUT2D eigenvalue weighted by Crippen LogP contribution is -2.47. The van der Waals surface area contributed by atoms with Crippen LogP contribution in [0.15, 0.2) is 24.0 Å². The third-order valence-electron chi connectivity index (χ3n) is 3.62. The summed E-state index contributed by atoms with van der Waals surface area (Å²) in [5.74, 6) is 1.67. The molecule has 0 bridgehead atoms. The average molecular weight is 253 g/mol. The summed E-state index contributed by atoms with van der Waals surface area (Å²) >= 11 is 0. The Morgan fingerprint density at radius 1 is 1.56 bits per heavy atom. The monoisotopic (exact) mass is 253 g/mol. The molecule has 1 aliphatic heterocycles. The number of hydrogen-bond donors (Lipinski definition) is 2. The molecule has 1 heterocycles. The molecule has 2 N–H and O–H groups in total. The van der Waals surface area contributed by atoms with Crippen molar-refractivity contribution in [1.29, 1.82) is 0 Å². The quantitative estimate of drug-likeness (QED) is 0.584. The van der Waals surface area contributed by atoms with Crippen molar-refractivity contribution in [1.82, 2.24) is 5.32 Å². The van der Waals surface area contributed by atoms with E-state index in [2.05, 4.69) is 32.7 Å². The fourth-order valence-corrected chi connectivity index (χ4v) is 2.55. The van der Waals surface area contributed by atoms with Crippen molar-refractivity contribution in [3.8, 4) is 0 Å². The Balaban J connectivity index is 2.55. The average Bonchev–Trinajstić information content (AvgIpc) is 2.30. The first-order valence-corrected chi connectivity index (χ1v) is 6.76. The fourth-order valence-electron chi connectivity index (χ4n) is 2.55. The number of methoxy groups -OCH3 is 1. The predicted octanol–water partition coefficient (Wildman–Crippen LogP) is 2.48. The summed E-state index contributed by atoms with van der Waals surface area (Å²) in [4.78, 5) is 0. The minimum absolute atomic E-state index is 0.210. The highest BCUT2D eigenvalue weighted by atomic mass is 16.5. The van der Waals surface area contributed by atoms with Gasteiger partial charge in [0.15, 0.2) is 0 Å². The van der Waals surface area contributed by atoms with E-state index in [0.717, 1.165) is 19.4 Å². The molecule has 0 saturated carbocycles. The smallest absolute Gasteiger partial charge is 0.111 e. The molecule has 3 heteroatoms. The van der Waals surface area contributed by atoms with Crippen LogP contribution in [0.25, 0.3) is 0 Å². The number of hydrogen-bond acceptors (Lipinski definition) is 3. The molecule has 104 valence electrons. The summed E-state index contributed by atoms with van der Waals surface area (Å²) in [6.07, 6.45) is 3.58. The predicted molar refractivity (Wildman–Crippen MR) is 75.3 cm³/mol. The largest absolute Gasteiger partial charge is 0.497 e. The first kappa shape index (κ1) is 15.3. The maximum Gasteiger partial charge on any atom is 0.111 e. The zero-order valence-electron chi connectivity index (χ0n) is 12.1. The first-order valence-electron chi connectivity index (χ1n) is 6.76. The molecule has 0 aromatic rings. The highest BCUT2D eigenvalue weighted by molar-refractivity contribution is 5.19. The maximum absolute atomic E-state index is 10.2. The summed E-state index contributed by atoms with van der Waals surface area (Å²) in [5.41, 5.74) is 1.17. The van der Waals surface area contributed by atoms with Crippen LogP contribution in [0.4, 0.5) is 0 Å². The molecule has 1 rings (SSSR count). The number of aliphatic hydroxyl groups excluding tert-OH is 1. The van der Waals surface area contributed by atoms with E-state index in [1.54, 1.807) is 7.11 Å². The van der Waals surface area contributed by atoms with Gasteiger partial charge in [0.05, 0.1) is 13.2 Å². The Kier molecular flexibility index (Phi) is 5.89. The van der Waals surface area contributed by atoms with Crippen molar-refractivity contribution in [2.24, 2.45) is 11.8 Å². The van der Waals surface area contributed by atoms with Gasteiger partial charge in [-0.3, -0.25) is 0 Å². The van der Waals surface area contributed by atoms with E-state index in [-0.39, 0.29) is 12.1 Å². The molecule has 0 radical (unpaired) electrons. The minimum atomic E-state index is -0.210. The van der Waals surface area contributed by atoms with Crippen molar-refractivity contribution in [2.75, 3.05) is 13.7 Å². The van der Waals surface area contributed by atoms with Gasteiger partial charge < -0.3 is 15.2 Å². The Hall–Kier alpha value is -0.800. The van der Waals surface area contributed by atoms with Gasteiger partial charge in [0.25, 0.3) is 0 Å². The lowest BCUT2D eigenvalue weighted by atomic mass is 9.84.